The van der Waals surface area contributed by atoms with Gasteiger partial charge < -0.3 is 15.2 Å². The summed E-state index contributed by atoms with van der Waals surface area (Å²) in [5.41, 5.74) is 2.75. The third-order valence-electron chi connectivity index (χ3n) is 3.35. The Morgan fingerprint density at radius 1 is 1.15 bits per heavy atom. The summed E-state index contributed by atoms with van der Waals surface area (Å²) in [6.07, 6.45) is 0. The molecule has 6 nitrogen and oxygen atoms in total. The van der Waals surface area contributed by atoms with E-state index < -0.39 is 11.9 Å². The van der Waals surface area contributed by atoms with E-state index in [-0.39, 0.29) is 11.3 Å². The van der Waals surface area contributed by atoms with Crippen LogP contribution >= 0.6 is 23.4 Å². The van der Waals surface area contributed by atoms with Crippen molar-refractivity contribution in [2.24, 2.45) is 0 Å². The van der Waals surface area contributed by atoms with E-state index >= 15 is 0 Å². The number of imidazole rings is 1. The molecule has 0 aliphatic carbocycles. The fourth-order valence-corrected chi connectivity index (χ4v) is 2.95. The molecule has 1 aromatic heterocycles. The number of rotatable bonds is 4. The van der Waals surface area contributed by atoms with Crippen molar-refractivity contribution in [3.8, 4) is 11.8 Å². The third kappa shape index (κ3) is 4.17. The molecule has 3 aromatic rings. The number of fused-ring (bicyclic) bond motifs is 1. The van der Waals surface area contributed by atoms with Gasteiger partial charge >= 0.3 is 11.9 Å². The number of aromatic nitrogens is 2. The summed E-state index contributed by atoms with van der Waals surface area (Å²) in [7, 11) is 0. The summed E-state index contributed by atoms with van der Waals surface area (Å²) in [5, 5.41) is 18.6. The zero-order valence-electron chi connectivity index (χ0n) is 13.1. The maximum atomic E-state index is 10.8. The number of carboxylic acids is 2. The van der Waals surface area contributed by atoms with Crippen LogP contribution in [0.4, 0.5) is 0 Å². The summed E-state index contributed by atoms with van der Waals surface area (Å²) in [5.74, 6) is 3.87. The van der Waals surface area contributed by atoms with Gasteiger partial charge in [-0.2, -0.15) is 0 Å². The number of nitrogens with zero attached hydrogens (tertiary/aromatic N) is 1. The maximum Gasteiger partial charge on any atom is 0.335 e. The Balaban J connectivity index is 1.87. The first kappa shape index (κ1) is 17.9. The van der Waals surface area contributed by atoms with E-state index in [2.05, 4.69) is 21.8 Å². The van der Waals surface area contributed by atoms with Crippen molar-refractivity contribution in [2.45, 2.75) is 5.16 Å². The number of halogens is 1. The van der Waals surface area contributed by atoms with Gasteiger partial charge in [-0.15, -0.1) is 0 Å². The lowest BCUT2D eigenvalue weighted by atomic mass is 10.1. The second-order valence-corrected chi connectivity index (χ2v) is 6.58. The summed E-state index contributed by atoms with van der Waals surface area (Å²) in [6, 6.07) is 9.62. The van der Waals surface area contributed by atoms with Crippen molar-refractivity contribution in [1.82, 2.24) is 9.97 Å². The number of H-pyrrole nitrogens is 1. The summed E-state index contributed by atoms with van der Waals surface area (Å²) >= 11 is 7.33. The largest absolute Gasteiger partial charge is 0.481 e. The number of aromatic amines is 1. The van der Waals surface area contributed by atoms with Crippen molar-refractivity contribution in [2.75, 3.05) is 5.75 Å². The fourth-order valence-electron chi connectivity index (χ4n) is 2.14. The molecule has 0 radical (unpaired) electrons. The van der Waals surface area contributed by atoms with Crippen molar-refractivity contribution >= 4 is 46.3 Å². The van der Waals surface area contributed by atoms with E-state index in [0.29, 0.717) is 32.3 Å². The number of nitrogens with one attached hydrogen (secondary N) is 1. The van der Waals surface area contributed by atoms with Gasteiger partial charge in [0.2, 0.25) is 0 Å². The van der Waals surface area contributed by atoms with E-state index in [1.807, 2.05) is 0 Å². The van der Waals surface area contributed by atoms with E-state index in [1.54, 1.807) is 24.3 Å². The molecule has 0 saturated heterocycles. The van der Waals surface area contributed by atoms with Crippen molar-refractivity contribution in [3.63, 3.8) is 0 Å². The van der Waals surface area contributed by atoms with Gasteiger partial charge in [0, 0.05) is 11.1 Å². The SMILES string of the molecule is O=C(O)CSc1nc2cc(C#Cc3ccc(C(=O)O)cc3)c(Cl)cc2[nH]1. The van der Waals surface area contributed by atoms with E-state index in [0.717, 1.165) is 11.8 Å². The molecule has 0 amide bonds. The first-order valence-corrected chi connectivity index (χ1v) is 8.68. The molecular weight excluding hydrogens is 376 g/mol. The molecule has 130 valence electrons. The normalized spacial score (nSPS) is 10.3. The molecule has 3 rings (SSSR count). The zero-order chi connectivity index (χ0) is 18.7. The Kier molecular flexibility index (Phi) is 5.16. The van der Waals surface area contributed by atoms with Gasteiger partial charge in [-0.1, -0.05) is 35.2 Å². The van der Waals surface area contributed by atoms with E-state index in [1.165, 1.54) is 12.1 Å². The van der Waals surface area contributed by atoms with Crippen molar-refractivity contribution in [1.29, 1.82) is 0 Å². The Bertz CT molecular complexity index is 1060. The summed E-state index contributed by atoms with van der Waals surface area (Å²) in [4.78, 5) is 28.8. The fraction of sp³-hybridized carbons (Fsp3) is 0.0556. The molecule has 0 fully saturated rings. The van der Waals surface area contributed by atoms with Gasteiger partial charge in [0.05, 0.1) is 27.4 Å². The molecular formula is C18H11ClN2O4S. The van der Waals surface area contributed by atoms with Crippen molar-refractivity contribution in [3.05, 3.63) is 58.1 Å². The van der Waals surface area contributed by atoms with Crippen LogP contribution in [0, 0.1) is 11.8 Å². The van der Waals surface area contributed by atoms with Gasteiger partial charge in [-0.3, -0.25) is 4.79 Å². The standard InChI is InChI=1S/C18H11ClN2O4S/c19-13-8-15-14(20-18(21-15)26-9-16(22)23)7-12(13)6-3-10-1-4-11(5-2-10)17(24)25/h1-2,4-5,7-8H,9H2,(H,20,21)(H,22,23)(H,24,25). The number of carboxylic acid groups (broad SMARTS) is 2. The van der Waals surface area contributed by atoms with Crippen LogP contribution in [0.1, 0.15) is 21.5 Å². The second-order valence-electron chi connectivity index (χ2n) is 5.21. The third-order valence-corrected chi connectivity index (χ3v) is 4.53. The molecule has 0 unspecified atom stereocenters. The Hall–Kier alpha value is -2.95. The lowest BCUT2D eigenvalue weighted by Gasteiger charge is -1.96. The minimum Gasteiger partial charge on any atom is -0.481 e. The number of aliphatic carboxylic acids is 1. The summed E-state index contributed by atoms with van der Waals surface area (Å²) in [6.45, 7) is 0. The highest BCUT2D eigenvalue weighted by molar-refractivity contribution is 7.99. The Morgan fingerprint density at radius 3 is 2.54 bits per heavy atom. The van der Waals surface area contributed by atoms with Gasteiger partial charge in [-0.25, -0.2) is 9.78 Å². The number of carbonyl (C=O) groups is 2. The molecule has 8 heteroatoms. The molecule has 0 bridgehead atoms. The Morgan fingerprint density at radius 2 is 1.88 bits per heavy atom. The lowest BCUT2D eigenvalue weighted by molar-refractivity contribution is -0.133. The molecule has 26 heavy (non-hydrogen) atoms. The maximum absolute atomic E-state index is 10.8. The number of thioether (sulfide) groups is 1. The van der Waals surface area contributed by atoms with Crippen LogP contribution in [0.25, 0.3) is 11.0 Å². The predicted octanol–water partition coefficient (Wildman–Crippen LogP) is 3.49. The average molecular weight is 387 g/mol. The highest BCUT2D eigenvalue weighted by Crippen LogP contribution is 2.25. The Labute approximate surface area is 157 Å². The topological polar surface area (TPSA) is 103 Å². The number of hydrogen-bond donors (Lipinski definition) is 3. The minimum atomic E-state index is -0.992. The molecule has 3 N–H and O–H groups in total. The highest BCUT2D eigenvalue weighted by Gasteiger charge is 2.09. The van der Waals surface area contributed by atoms with Gasteiger partial charge in [0.25, 0.3) is 0 Å². The number of hydrogen-bond acceptors (Lipinski definition) is 4. The molecule has 0 atom stereocenters. The lowest BCUT2D eigenvalue weighted by Crippen LogP contribution is -1.97. The average Bonchev–Trinajstić information content (AvgIpc) is 3.00. The van der Waals surface area contributed by atoms with Gasteiger partial charge in [-0.05, 0) is 36.4 Å². The van der Waals surface area contributed by atoms with Crippen LogP contribution in [0.2, 0.25) is 5.02 Å². The molecule has 0 aliphatic rings. The molecule has 2 aromatic carbocycles. The smallest absolute Gasteiger partial charge is 0.335 e. The molecule has 0 saturated carbocycles. The van der Waals surface area contributed by atoms with Gasteiger partial charge in [0.1, 0.15) is 0 Å². The quantitative estimate of drug-likeness (QED) is 0.468. The minimum absolute atomic E-state index is 0.0907. The number of aromatic carboxylic acids is 1. The van der Waals surface area contributed by atoms with E-state index in [9.17, 15) is 9.59 Å². The zero-order valence-corrected chi connectivity index (χ0v) is 14.7. The van der Waals surface area contributed by atoms with Crippen molar-refractivity contribution < 1.29 is 19.8 Å². The van der Waals surface area contributed by atoms with Gasteiger partial charge in [0.15, 0.2) is 5.16 Å². The van der Waals surface area contributed by atoms with Crippen LogP contribution in [-0.4, -0.2) is 37.9 Å². The number of benzene rings is 2. The van der Waals surface area contributed by atoms with Crippen LogP contribution in [0.15, 0.2) is 41.6 Å². The summed E-state index contributed by atoms with van der Waals surface area (Å²) < 4.78 is 0. The highest BCUT2D eigenvalue weighted by atomic mass is 35.5. The first-order chi connectivity index (χ1) is 12.4. The predicted molar refractivity (Wildman–Crippen MR) is 98.8 cm³/mol. The van der Waals surface area contributed by atoms with Crippen LogP contribution < -0.4 is 0 Å². The van der Waals surface area contributed by atoms with Crippen LogP contribution in [-0.2, 0) is 4.79 Å². The van der Waals surface area contributed by atoms with E-state index in [4.69, 9.17) is 21.8 Å². The second kappa shape index (κ2) is 7.52. The molecule has 1 heterocycles. The molecule has 0 spiro atoms. The monoisotopic (exact) mass is 386 g/mol. The molecule has 0 aliphatic heterocycles. The van der Waals surface area contributed by atoms with Crippen LogP contribution in [0.3, 0.4) is 0 Å². The first-order valence-electron chi connectivity index (χ1n) is 7.31. The van der Waals surface area contributed by atoms with Crippen LogP contribution in [0.5, 0.6) is 0 Å².